The molecule has 132 valence electrons. The SMILES string of the molecule is NC(=O)C1CC(C(=O)Nc2ccc3c(c2)OCO3)=NN1c1ccccc1. The number of benzene rings is 2. The summed E-state index contributed by atoms with van der Waals surface area (Å²) in [6, 6.07) is 13.5. The van der Waals surface area contributed by atoms with Crippen LogP contribution < -0.4 is 25.5 Å². The molecule has 2 heterocycles. The average molecular weight is 352 g/mol. The lowest BCUT2D eigenvalue weighted by atomic mass is 10.1. The number of nitrogens with two attached hydrogens (primary N) is 1. The van der Waals surface area contributed by atoms with Crippen LogP contribution in [0.25, 0.3) is 0 Å². The van der Waals surface area contributed by atoms with Crippen molar-refractivity contribution in [2.75, 3.05) is 17.1 Å². The number of nitrogens with zero attached hydrogens (tertiary/aromatic N) is 2. The maximum Gasteiger partial charge on any atom is 0.271 e. The Labute approximate surface area is 149 Å². The van der Waals surface area contributed by atoms with Crippen LogP contribution in [0, 0.1) is 0 Å². The molecule has 0 spiro atoms. The van der Waals surface area contributed by atoms with Gasteiger partial charge in [-0.05, 0) is 24.3 Å². The second-order valence-electron chi connectivity index (χ2n) is 5.87. The topological polar surface area (TPSA) is 106 Å². The minimum Gasteiger partial charge on any atom is -0.454 e. The number of rotatable bonds is 4. The maximum atomic E-state index is 12.6. The van der Waals surface area contributed by atoms with Crippen LogP contribution in [0.2, 0.25) is 0 Å². The fraction of sp³-hybridized carbons (Fsp3) is 0.167. The van der Waals surface area contributed by atoms with Gasteiger partial charge in [0.1, 0.15) is 11.8 Å². The molecule has 8 heteroatoms. The lowest BCUT2D eigenvalue weighted by Gasteiger charge is -2.20. The number of hydrogen-bond donors (Lipinski definition) is 2. The van der Waals surface area contributed by atoms with Gasteiger partial charge >= 0.3 is 0 Å². The summed E-state index contributed by atoms with van der Waals surface area (Å²) in [5, 5.41) is 8.55. The number of carbonyl (C=O) groups excluding carboxylic acids is 2. The van der Waals surface area contributed by atoms with Gasteiger partial charge in [0, 0.05) is 18.2 Å². The molecule has 1 atom stereocenters. The van der Waals surface area contributed by atoms with E-state index in [1.807, 2.05) is 18.2 Å². The van der Waals surface area contributed by atoms with E-state index in [1.165, 1.54) is 5.01 Å². The van der Waals surface area contributed by atoms with E-state index in [0.29, 0.717) is 22.9 Å². The second-order valence-corrected chi connectivity index (χ2v) is 5.87. The summed E-state index contributed by atoms with van der Waals surface area (Å²) in [7, 11) is 0. The smallest absolute Gasteiger partial charge is 0.271 e. The number of hydrazone groups is 1. The first-order chi connectivity index (χ1) is 12.6. The molecule has 0 saturated heterocycles. The van der Waals surface area contributed by atoms with Crippen molar-refractivity contribution in [1.29, 1.82) is 0 Å². The van der Waals surface area contributed by atoms with Crippen molar-refractivity contribution < 1.29 is 19.1 Å². The van der Waals surface area contributed by atoms with Gasteiger partial charge in [0.25, 0.3) is 5.91 Å². The highest BCUT2D eigenvalue weighted by molar-refractivity contribution is 6.44. The van der Waals surface area contributed by atoms with Crippen molar-refractivity contribution in [2.45, 2.75) is 12.5 Å². The van der Waals surface area contributed by atoms with Crippen LogP contribution in [0.3, 0.4) is 0 Å². The molecule has 0 aliphatic carbocycles. The predicted octanol–water partition coefficient (Wildman–Crippen LogP) is 1.47. The number of nitrogens with one attached hydrogen (secondary N) is 1. The summed E-state index contributed by atoms with van der Waals surface area (Å²) in [5.74, 6) is 0.263. The van der Waals surface area contributed by atoms with Crippen LogP contribution in [0.15, 0.2) is 53.6 Å². The zero-order chi connectivity index (χ0) is 18.1. The molecule has 26 heavy (non-hydrogen) atoms. The molecule has 0 aromatic heterocycles. The van der Waals surface area contributed by atoms with Gasteiger partial charge in [0.2, 0.25) is 12.7 Å². The molecule has 0 bridgehead atoms. The summed E-state index contributed by atoms with van der Waals surface area (Å²) in [4.78, 5) is 24.4. The minimum atomic E-state index is -0.699. The van der Waals surface area contributed by atoms with Gasteiger partial charge in [0.05, 0.1) is 5.69 Å². The molecule has 2 aromatic carbocycles. The van der Waals surface area contributed by atoms with Gasteiger partial charge in [-0.1, -0.05) is 18.2 Å². The molecule has 0 radical (unpaired) electrons. The standard InChI is InChI=1S/C18H16N4O4/c19-17(23)14-9-13(21-22(14)12-4-2-1-3-5-12)18(24)20-11-6-7-15-16(8-11)26-10-25-15/h1-8,14H,9-10H2,(H2,19,23)(H,20,24). The molecule has 2 aromatic rings. The van der Waals surface area contributed by atoms with Gasteiger partial charge in [-0.25, -0.2) is 0 Å². The summed E-state index contributed by atoms with van der Waals surface area (Å²) in [5.41, 5.74) is 6.97. The number of hydrogen-bond acceptors (Lipinski definition) is 6. The van der Waals surface area contributed by atoms with Crippen LogP contribution in [-0.4, -0.2) is 30.4 Å². The Kier molecular flexibility index (Phi) is 3.92. The number of anilines is 2. The molecular formula is C18H16N4O4. The highest BCUT2D eigenvalue weighted by Crippen LogP contribution is 2.34. The molecule has 2 aliphatic heterocycles. The van der Waals surface area contributed by atoms with E-state index in [2.05, 4.69) is 10.4 Å². The van der Waals surface area contributed by atoms with Crippen LogP contribution >= 0.6 is 0 Å². The first kappa shape index (κ1) is 15.9. The lowest BCUT2D eigenvalue weighted by Crippen LogP contribution is -2.39. The number of primary amides is 1. The van der Waals surface area contributed by atoms with Crippen LogP contribution in [0.4, 0.5) is 11.4 Å². The molecule has 4 rings (SSSR count). The van der Waals surface area contributed by atoms with Crippen molar-refractivity contribution in [3.05, 3.63) is 48.5 Å². The number of para-hydroxylation sites is 1. The second kappa shape index (κ2) is 6.40. The summed E-state index contributed by atoms with van der Waals surface area (Å²) in [6.45, 7) is 0.159. The third kappa shape index (κ3) is 2.92. The Balaban J connectivity index is 1.55. The highest BCUT2D eigenvalue weighted by Gasteiger charge is 2.35. The monoisotopic (exact) mass is 352 g/mol. The largest absolute Gasteiger partial charge is 0.454 e. The molecule has 0 fully saturated rings. The van der Waals surface area contributed by atoms with Crippen molar-refractivity contribution in [3.8, 4) is 11.5 Å². The van der Waals surface area contributed by atoms with E-state index in [0.717, 1.165) is 0 Å². The van der Waals surface area contributed by atoms with Gasteiger partial charge in [0.15, 0.2) is 11.5 Å². The fourth-order valence-electron chi connectivity index (χ4n) is 2.87. The van der Waals surface area contributed by atoms with Gasteiger partial charge in [-0.3, -0.25) is 14.6 Å². The van der Waals surface area contributed by atoms with E-state index in [4.69, 9.17) is 15.2 Å². The Morgan fingerprint density at radius 3 is 2.65 bits per heavy atom. The predicted molar refractivity (Wildman–Crippen MR) is 95.2 cm³/mol. The van der Waals surface area contributed by atoms with E-state index >= 15 is 0 Å². The highest BCUT2D eigenvalue weighted by atomic mass is 16.7. The lowest BCUT2D eigenvalue weighted by molar-refractivity contribution is -0.119. The molecule has 1 unspecified atom stereocenters. The summed E-state index contributed by atoms with van der Waals surface area (Å²) >= 11 is 0. The first-order valence-electron chi connectivity index (χ1n) is 8.04. The Hall–Kier alpha value is -3.55. The van der Waals surface area contributed by atoms with Gasteiger partial charge in [-0.15, -0.1) is 0 Å². The van der Waals surface area contributed by atoms with Gasteiger partial charge < -0.3 is 20.5 Å². The third-order valence-electron chi connectivity index (χ3n) is 4.15. The summed E-state index contributed by atoms with van der Waals surface area (Å²) in [6.07, 6.45) is 0.139. The quantitative estimate of drug-likeness (QED) is 0.867. The molecular weight excluding hydrogens is 336 g/mol. The number of ether oxygens (including phenoxy) is 2. The number of amides is 2. The third-order valence-corrected chi connectivity index (χ3v) is 4.15. The van der Waals surface area contributed by atoms with Crippen LogP contribution in [0.1, 0.15) is 6.42 Å². The Morgan fingerprint density at radius 2 is 1.88 bits per heavy atom. The number of fused-ring (bicyclic) bond motifs is 1. The van der Waals surface area contributed by atoms with Crippen molar-refractivity contribution in [1.82, 2.24) is 0 Å². The number of carbonyl (C=O) groups is 2. The maximum absolute atomic E-state index is 12.6. The van der Waals surface area contributed by atoms with Crippen molar-refractivity contribution in [2.24, 2.45) is 10.8 Å². The Bertz CT molecular complexity index is 897. The average Bonchev–Trinajstić information content (AvgIpc) is 3.29. The molecule has 3 N–H and O–H groups in total. The normalized spacial score (nSPS) is 17.8. The molecule has 2 amide bonds. The molecule has 2 aliphatic rings. The zero-order valence-corrected chi connectivity index (χ0v) is 13.7. The summed E-state index contributed by atoms with van der Waals surface area (Å²) < 4.78 is 10.5. The van der Waals surface area contributed by atoms with E-state index in [1.54, 1.807) is 30.3 Å². The molecule has 8 nitrogen and oxygen atoms in total. The van der Waals surface area contributed by atoms with Crippen molar-refractivity contribution >= 4 is 28.9 Å². The van der Waals surface area contributed by atoms with Gasteiger partial charge in [-0.2, -0.15) is 5.10 Å². The minimum absolute atomic E-state index is 0.139. The Morgan fingerprint density at radius 1 is 1.12 bits per heavy atom. The first-order valence-corrected chi connectivity index (χ1v) is 8.04. The van der Waals surface area contributed by atoms with Crippen molar-refractivity contribution in [3.63, 3.8) is 0 Å². The van der Waals surface area contributed by atoms with E-state index < -0.39 is 17.9 Å². The zero-order valence-electron chi connectivity index (χ0n) is 13.7. The van der Waals surface area contributed by atoms with E-state index in [9.17, 15) is 9.59 Å². The fourth-order valence-corrected chi connectivity index (χ4v) is 2.87. The van der Waals surface area contributed by atoms with Crippen LogP contribution in [0.5, 0.6) is 11.5 Å². The molecule has 0 saturated carbocycles. The van der Waals surface area contributed by atoms with E-state index in [-0.39, 0.29) is 18.9 Å². The van der Waals surface area contributed by atoms with Crippen LogP contribution in [-0.2, 0) is 9.59 Å².